The van der Waals surface area contributed by atoms with Crippen LogP contribution in [0.3, 0.4) is 0 Å². The summed E-state index contributed by atoms with van der Waals surface area (Å²) < 4.78 is 4.98. The number of anilines is 1. The molecular formula is C15H19N3O2S. The minimum absolute atomic E-state index is 0.160. The molecule has 3 rings (SSSR count). The van der Waals surface area contributed by atoms with E-state index in [1.54, 1.807) is 0 Å². The summed E-state index contributed by atoms with van der Waals surface area (Å²) in [7, 11) is 4.27. The summed E-state index contributed by atoms with van der Waals surface area (Å²) >= 11 is 1.26. The molecule has 21 heavy (non-hydrogen) atoms. The van der Waals surface area contributed by atoms with Gasteiger partial charge in [-0.05, 0) is 56.7 Å². The third kappa shape index (κ3) is 2.73. The van der Waals surface area contributed by atoms with E-state index in [-0.39, 0.29) is 5.69 Å². The third-order valence-electron chi connectivity index (χ3n) is 4.22. The number of fused-ring (bicyclic) bond motifs is 1. The van der Waals surface area contributed by atoms with Crippen LogP contribution in [0.4, 0.5) is 5.69 Å². The molecule has 1 aliphatic rings. The molecule has 2 aromatic rings. The molecule has 1 aliphatic heterocycles. The van der Waals surface area contributed by atoms with Gasteiger partial charge in [-0.25, -0.2) is 4.79 Å². The highest BCUT2D eigenvalue weighted by molar-refractivity contribution is 7.13. The maximum Gasteiger partial charge on any atom is 0.356 e. The Morgan fingerprint density at radius 2 is 2.10 bits per heavy atom. The molecule has 0 bridgehead atoms. The van der Waals surface area contributed by atoms with Crippen molar-refractivity contribution in [3.05, 3.63) is 23.9 Å². The molecule has 0 spiro atoms. The first-order chi connectivity index (χ1) is 10.1. The number of rotatable bonds is 3. The number of carboxylic acid groups (broad SMARTS) is 1. The molecule has 0 unspecified atom stereocenters. The van der Waals surface area contributed by atoms with Crippen LogP contribution in [0.2, 0.25) is 0 Å². The Morgan fingerprint density at radius 1 is 1.38 bits per heavy atom. The highest BCUT2D eigenvalue weighted by Gasteiger charge is 2.21. The molecule has 0 atom stereocenters. The first kappa shape index (κ1) is 14.3. The Hall–Kier alpha value is -1.66. The summed E-state index contributed by atoms with van der Waals surface area (Å²) in [6, 6.07) is 6.62. The largest absolute Gasteiger partial charge is 0.476 e. The van der Waals surface area contributed by atoms with E-state index in [4.69, 9.17) is 5.11 Å². The van der Waals surface area contributed by atoms with Crippen LogP contribution >= 0.6 is 11.5 Å². The highest BCUT2D eigenvalue weighted by Crippen LogP contribution is 2.29. The van der Waals surface area contributed by atoms with Crippen molar-refractivity contribution in [2.75, 3.05) is 32.1 Å². The van der Waals surface area contributed by atoms with Crippen molar-refractivity contribution in [3.8, 4) is 0 Å². The van der Waals surface area contributed by atoms with Gasteiger partial charge in [0.25, 0.3) is 0 Å². The van der Waals surface area contributed by atoms with E-state index in [1.165, 1.54) is 17.2 Å². The summed E-state index contributed by atoms with van der Waals surface area (Å²) in [6.07, 6.45) is 2.32. The van der Waals surface area contributed by atoms with Crippen molar-refractivity contribution >= 4 is 33.3 Å². The molecule has 5 nitrogen and oxygen atoms in total. The molecule has 1 N–H and O–H groups in total. The number of hydrogen-bond acceptors (Lipinski definition) is 5. The Balaban J connectivity index is 1.81. The second-order valence-corrected chi connectivity index (χ2v) is 6.50. The van der Waals surface area contributed by atoms with Crippen LogP contribution in [0.1, 0.15) is 23.3 Å². The average Bonchev–Trinajstić information content (AvgIpc) is 2.90. The molecule has 1 aromatic heterocycles. The van der Waals surface area contributed by atoms with E-state index in [0.29, 0.717) is 6.04 Å². The van der Waals surface area contributed by atoms with Gasteiger partial charge in [0.1, 0.15) is 0 Å². The lowest BCUT2D eigenvalue weighted by Gasteiger charge is -2.36. The Kier molecular flexibility index (Phi) is 3.82. The van der Waals surface area contributed by atoms with Gasteiger partial charge in [0.2, 0.25) is 0 Å². The highest BCUT2D eigenvalue weighted by atomic mass is 32.1. The Morgan fingerprint density at radius 3 is 2.71 bits per heavy atom. The molecule has 0 radical (unpaired) electrons. The third-order valence-corrected chi connectivity index (χ3v) is 5.03. The van der Waals surface area contributed by atoms with Gasteiger partial charge in [-0.3, -0.25) is 0 Å². The average molecular weight is 305 g/mol. The standard InChI is InChI=1S/C15H19N3O2S/c1-17(2)10-5-7-18(8-6-10)11-3-4-12-13(9-11)21-16-14(12)15(19)20/h3-4,9-10H,5-8H2,1-2H3,(H,19,20). The van der Waals surface area contributed by atoms with Crippen LogP contribution in [0.25, 0.3) is 10.1 Å². The Bertz CT molecular complexity index is 660. The minimum atomic E-state index is -0.958. The van der Waals surface area contributed by atoms with Gasteiger partial charge in [-0.2, -0.15) is 4.37 Å². The molecule has 0 saturated carbocycles. The molecule has 1 aromatic carbocycles. The summed E-state index contributed by atoms with van der Waals surface area (Å²) in [6.45, 7) is 2.08. The smallest absolute Gasteiger partial charge is 0.356 e. The fourth-order valence-corrected chi connectivity index (χ4v) is 3.72. The molecule has 6 heteroatoms. The van der Waals surface area contributed by atoms with E-state index < -0.39 is 5.97 Å². The first-order valence-electron chi connectivity index (χ1n) is 7.10. The molecule has 0 aliphatic carbocycles. The van der Waals surface area contributed by atoms with Crippen LogP contribution in [0.15, 0.2) is 18.2 Å². The summed E-state index contributed by atoms with van der Waals surface area (Å²) in [5.41, 5.74) is 1.33. The number of benzene rings is 1. The monoisotopic (exact) mass is 305 g/mol. The SMILES string of the molecule is CN(C)C1CCN(c2ccc3c(C(=O)O)nsc3c2)CC1. The van der Waals surface area contributed by atoms with Crippen molar-refractivity contribution < 1.29 is 9.90 Å². The van der Waals surface area contributed by atoms with Crippen LogP contribution in [-0.2, 0) is 0 Å². The zero-order valence-corrected chi connectivity index (χ0v) is 13.1. The molecule has 1 fully saturated rings. The van der Waals surface area contributed by atoms with Gasteiger partial charge in [0.05, 0.1) is 4.70 Å². The summed E-state index contributed by atoms with van der Waals surface area (Å²) in [4.78, 5) is 15.8. The quantitative estimate of drug-likeness (QED) is 0.944. The van der Waals surface area contributed by atoms with Crippen LogP contribution in [0.5, 0.6) is 0 Å². The van der Waals surface area contributed by atoms with Gasteiger partial charge in [-0.1, -0.05) is 0 Å². The number of aromatic carboxylic acids is 1. The predicted molar refractivity (Wildman–Crippen MR) is 85.5 cm³/mol. The van der Waals surface area contributed by atoms with Gasteiger partial charge < -0.3 is 14.9 Å². The fraction of sp³-hybridized carbons (Fsp3) is 0.467. The molecule has 0 amide bonds. The maximum absolute atomic E-state index is 11.1. The Labute approximate surface area is 128 Å². The topological polar surface area (TPSA) is 56.7 Å². The number of piperidine rings is 1. The lowest BCUT2D eigenvalue weighted by Crippen LogP contribution is -2.41. The fourth-order valence-electron chi connectivity index (χ4n) is 2.92. The van der Waals surface area contributed by atoms with Crippen molar-refractivity contribution in [3.63, 3.8) is 0 Å². The number of carbonyl (C=O) groups is 1. The van der Waals surface area contributed by atoms with Crippen molar-refractivity contribution in [1.82, 2.24) is 9.27 Å². The maximum atomic E-state index is 11.1. The lowest BCUT2D eigenvalue weighted by atomic mass is 10.0. The van der Waals surface area contributed by atoms with E-state index >= 15 is 0 Å². The molecular weight excluding hydrogens is 286 g/mol. The van der Waals surface area contributed by atoms with Crippen molar-refractivity contribution in [2.24, 2.45) is 0 Å². The van der Waals surface area contributed by atoms with Gasteiger partial charge in [-0.15, -0.1) is 0 Å². The summed E-state index contributed by atoms with van der Waals surface area (Å²) in [5.74, 6) is -0.958. The van der Waals surface area contributed by atoms with E-state index in [0.717, 1.165) is 36.0 Å². The molecule has 1 saturated heterocycles. The van der Waals surface area contributed by atoms with E-state index in [9.17, 15) is 4.79 Å². The lowest BCUT2D eigenvalue weighted by molar-refractivity contribution is 0.0694. The van der Waals surface area contributed by atoms with Crippen LogP contribution < -0.4 is 4.90 Å². The zero-order chi connectivity index (χ0) is 15.0. The summed E-state index contributed by atoms with van der Waals surface area (Å²) in [5, 5.41) is 9.84. The number of aromatic nitrogens is 1. The van der Waals surface area contributed by atoms with Gasteiger partial charge in [0.15, 0.2) is 5.69 Å². The first-order valence-corrected chi connectivity index (χ1v) is 7.87. The van der Waals surface area contributed by atoms with Gasteiger partial charge >= 0.3 is 5.97 Å². The minimum Gasteiger partial charge on any atom is -0.476 e. The van der Waals surface area contributed by atoms with Crippen LogP contribution in [0, 0.1) is 0 Å². The number of hydrogen-bond donors (Lipinski definition) is 1. The molecule has 112 valence electrons. The zero-order valence-electron chi connectivity index (χ0n) is 12.2. The second kappa shape index (κ2) is 5.61. The second-order valence-electron chi connectivity index (χ2n) is 5.70. The number of carboxylic acids is 1. The van der Waals surface area contributed by atoms with Crippen molar-refractivity contribution in [2.45, 2.75) is 18.9 Å². The van der Waals surface area contributed by atoms with Crippen LogP contribution in [-0.4, -0.2) is 53.6 Å². The van der Waals surface area contributed by atoms with E-state index in [1.807, 2.05) is 12.1 Å². The normalized spacial score (nSPS) is 16.8. The van der Waals surface area contributed by atoms with Gasteiger partial charge in [0, 0.05) is 30.2 Å². The molecule has 2 heterocycles. The van der Waals surface area contributed by atoms with E-state index in [2.05, 4.69) is 34.3 Å². The van der Waals surface area contributed by atoms with Crippen molar-refractivity contribution in [1.29, 1.82) is 0 Å². The predicted octanol–water partition coefficient (Wildman–Crippen LogP) is 2.52. The number of nitrogens with zero attached hydrogens (tertiary/aromatic N) is 3.